The molecule has 20 heavy (non-hydrogen) atoms. The zero-order valence-corrected chi connectivity index (χ0v) is 13.0. The summed E-state index contributed by atoms with van der Waals surface area (Å²) in [5.41, 5.74) is 5.59. The van der Waals surface area contributed by atoms with E-state index in [1.807, 2.05) is 13.8 Å². The Morgan fingerprint density at radius 3 is 2.40 bits per heavy atom. The number of hydrogen-bond acceptors (Lipinski definition) is 4. The fourth-order valence-electron chi connectivity index (χ4n) is 1.91. The van der Waals surface area contributed by atoms with E-state index >= 15 is 0 Å². The Balaban J connectivity index is 3.28. The zero-order valence-electron chi connectivity index (χ0n) is 12.2. The van der Waals surface area contributed by atoms with Crippen molar-refractivity contribution in [2.24, 2.45) is 5.92 Å². The minimum absolute atomic E-state index is 0.0355. The number of nitrogens with zero attached hydrogens (tertiary/aromatic N) is 1. The Labute approximate surface area is 119 Å². The molecular weight excluding hydrogens is 283 g/mol. The summed E-state index contributed by atoms with van der Waals surface area (Å²) in [6.45, 7) is 6.26. The van der Waals surface area contributed by atoms with Crippen LogP contribution < -0.4 is 10.5 Å². The molecule has 7 heteroatoms. The van der Waals surface area contributed by atoms with Gasteiger partial charge in [0.25, 0.3) is 0 Å². The van der Waals surface area contributed by atoms with E-state index in [1.54, 1.807) is 6.92 Å². The van der Waals surface area contributed by atoms with Gasteiger partial charge in [-0.2, -0.15) is 4.31 Å². The molecule has 0 aliphatic heterocycles. The summed E-state index contributed by atoms with van der Waals surface area (Å²) in [5.74, 6) is -0.757. The summed E-state index contributed by atoms with van der Waals surface area (Å²) >= 11 is 0. The number of ether oxygens (including phenoxy) is 1. The molecule has 0 aliphatic carbocycles. The molecular formula is C13H21FN2O3S. The van der Waals surface area contributed by atoms with Crippen molar-refractivity contribution in [2.45, 2.75) is 25.7 Å². The van der Waals surface area contributed by atoms with Gasteiger partial charge < -0.3 is 10.5 Å². The highest BCUT2D eigenvalue weighted by Crippen LogP contribution is 2.30. The average Bonchev–Trinajstić information content (AvgIpc) is 2.35. The van der Waals surface area contributed by atoms with Gasteiger partial charge in [0, 0.05) is 13.1 Å². The molecule has 0 amide bonds. The number of anilines is 1. The van der Waals surface area contributed by atoms with Crippen molar-refractivity contribution < 1.29 is 17.5 Å². The van der Waals surface area contributed by atoms with E-state index in [9.17, 15) is 12.8 Å². The minimum Gasteiger partial charge on any atom is -0.492 e. The zero-order chi connectivity index (χ0) is 15.5. The number of halogens is 1. The highest BCUT2D eigenvalue weighted by atomic mass is 32.2. The highest BCUT2D eigenvalue weighted by Gasteiger charge is 2.26. The molecule has 114 valence electrons. The number of benzene rings is 1. The Morgan fingerprint density at radius 2 is 2.00 bits per heavy atom. The van der Waals surface area contributed by atoms with Crippen LogP contribution >= 0.6 is 0 Å². The second-order valence-corrected chi connectivity index (χ2v) is 6.82. The van der Waals surface area contributed by atoms with Gasteiger partial charge in [-0.25, -0.2) is 12.8 Å². The third-order valence-corrected chi connectivity index (χ3v) is 4.73. The number of sulfonamides is 1. The van der Waals surface area contributed by atoms with Crippen LogP contribution in [-0.4, -0.2) is 32.9 Å². The first kappa shape index (κ1) is 16.7. The largest absolute Gasteiger partial charge is 0.492 e. The predicted molar refractivity (Wildman–Crippen MR) is 76.6 cm³/mol. The first-order valence-corrected chi connectivity index (χ1v) is 7.81. The Hall–Kier alpha value is -1.34. The van der Waals surface area contributed by atoms with E-state index in [0.29, 0.717) is 13.1 Å². The molecule has 0 heterocycles. The van der Waals surface area contributed by atoms with Crippen LogP contribution in [0.15, 0.2) is 17.0 Å². The Morgan fingerprint density at radius 1 is 1.40 bits per heavy atom. The monoisotopic (exact) mass is 304 g/mol. The molecule has 0 radical (unpaired) electrons. The molecule has 5 nitrogen and oxygen atoms in total. The smallest absolute Gasteiger partial charge is 0.243 e. The van der Waals surface area contributed by atoms with Crippen LogP contribution in [0.4, 0.5) is 10.1 Å². The maximum atomic E-state index is 13.8. The molecule has 0 spiro atoms. The topological polar surface area (TPSA) is 72.6 Å². The van der Waals surface area contributed by atoms with Crippen molar-refractivity contribution in [3.8, 4) is 5.75 Å². The van der Waals surface area contributed by atoms with Gasteiger partial charge in [-0.3, -0.25) is 0 Å². The molecule has 0 atom stereocenters. The van der Waals surface area contributed by atoms with Crippen LogP contribution in [0.25, 0.3) is 0 Å². The summed E-state index contributed by atoms with van der Waals surface area (Å²) in [6.07, 6.45) is 0. The quantitative estimate of drug-likeness (QED) is 0.817. The molecule has 0 bridgehead atoms. The average molecular weight is 304 g/mol. The van der Waals surface area contributed by atoms with Crippen molar-refractivity contribution in [1.29, 1.82) is 0 Å². The first-order chi connectivity index (χ1) is 9.23. The molecule has 0 aliphatic rings. The number of nitrogen functional groups attached to an aromatic ring is 1. The summed E-state index contributed by atoms with van der Waals surface area (Å²) < 4.78 is 44.8. The summed E-state index contributed by atoms with van der Waals surface area (Å²) in [5, 5.41) is 0. The Kier molecular flexibility index (Phi) is 5.35. The van der Waals surface area contributed by atoms with Gasteiger partial charge in [0.2, 0.25) is 10.0 Å². The van der Waals surface area contributed by atoms with Crippen molar-refractivity contribution >= 4 is 15.7 Å². The minimum atomic E-state index is -3.76. The number of nitrogens with two attached hydrogens (primary N) is 1. The van der Waals surface area contributed by atoms with Crippen LogP contribution in [0.1, 0.15) is 20.8 Å². The molecule has 1 rings (SSSR count). The number of rotatable bonds is 6. The SMILES string of the molecule is CCN(CC(C)C)S(=O)(=O)c1cc(N)c(OC)c(F)c1. The number of hydrogen-bond donors (Lipinski definition) is 1. The van der Waals surface area contributed by atoms with Gasteiger partial charge in [0.15, 0.2) is 11.6 Å². The van der Waals surface area contributed by atoms with Crippen molar-refractivity contribution in [2.75, 3.05) is 25.9 Å². The molecule has 0 fully saturated rings. The maximum absolute atomic E-state index is 13.8. The maximum Gasteiger partial charge on any atom is 0.243 e. The lowest BCUT2D eigenvalue weighted by Crippen LogP contribution is -2.34. The fraction of sp³-hybridized carbons (Fsp3) is 0.538. The highest BCUT2D eigenvalue weighted by molar-refractivity contribution is 7.89. The second kappa shape index (κ2) is 6.41. The van der Waals surface area contributed by atoms with E-state index < -0.39 is 15.8 Å². The van der Waals surface area contributed by atoms with Gasteiger partial charge in [0.1, 0.15) is 0 Å². The van der Waals surface area contributed by atoms with Gasteiger partial charge >= 0.3 is 0 Å². The third kappa shape index (κ3) is 3.40. The van der Waals surface area contributed by atoms with E-state index in [2.05, 4.69) is 0 Å². The fourth-order valence-corrected chi connectivity index (χ4v) is 3.57. The van der Waals surface area contributed by atoms with Crippen LogP contribution in [0.2, 0.25) is 0 Å². The van der Waals surface area contributed by atoms with Crippen LogP contribution in [0.3, 0.4) is 0 Å². The van der Waals surface area contributed by atoms with Crippen molar-refractivity contribution in [3.63, 3.8) is 0 Å². The van der Waals surface area contributed by atoms with Gasteiger partial charge in [-0.05, 0) is 18.1 Å². The van der Waals surface area contributed by atoms with Gasteiger partial charge in [-0.15, -0.1) is 0 Å². The number of methoxy groups -OCH3 is 1. The molecule has 0 unspecified atom stereocenters. The molecule has 1 aromatic rings. The van der Waals surface area contributed by atoms with Crippen molar-refractivity contribution in [1.82, 2.24) is 4.31 Å². The lowest BCUT2D eigenvalue weighted by atomic mass is 10.2. The normalized spacial score (nSPS) is 12.2. The summed E-state index contributed by atoms with van der Waals surface area (Å²) in [6, 6.07) is 2.16. The van der Waals surface area contributed by atoms with E-state index in [-0.39, 0.29) is 22.3 Å². The lowest BCUT2D eigenvalue weighted by Gasteiger charge is -2.22. The van der Waals surface area contributed by atoms with E-state index in [4.69, 9.17) is 10.5 Å². The van der Waals surface area contributed by atoms with Gasteiger partial charge in [0.05, 0.1) is 17.7 Å². The van der Waals surface area contributed by atoms with Gasteiger partial charge in [-0.1, -0.05) is 20.8 Å². The molecule has 1 aromatic carbocycles. The van der Waals surface area contributed by atoms with Crippen LogP contribution in [-0.2, 0) is 10.0 Å². The van der Waals surface area contributed by atoms with Crippen LogP contribution in [0, 0.1) is 11.7 Å². The molecule has 0 saturated heterocycles. The first-order valence-electron chi connectivity index (χ1n) is 6.37. The molecule has 0 saturated carbocycles. The van der Waals surface area contributed by atoms with Crippen molar-refractivity contribution in [3.05, 3.63) is 17.9 Å². The van der Waals surface area contributed by atoms with E-state index in [0.717, 1.165) is 6.07 Å². The lowest BCUT2D eigenvalue weighted by molar-refractivity contribution is 0.378. The molecule has 2 N–H and O–H groups in total. The standard InChI is InChI=1S/C13H21FN2O3S/c1-5-16(8-9(2)3)20(17,18)10-6-11(14)13(19-4)12(15)7-10/h6-7,9H,5,8,15H2,1-4H3. The van der Waals surface area contributed by atoms with Crippen LogP contribution in [0.5, 0.6) is 5.75 Å². The van der Waals surface area contributed by atoms with E-state index in [1.165, 1.54) is 17.5 Å². The Bertz CT molecular complexity index is 550. The third-order valence-electron chi connectivity index (χ3n) is 2.81. The molecule has 0 aromatic heterocycles. The summed E-state index contributed by atoms with van der Waals surface area (Å²) in [4.78, 5) is -0.157. The second-order valence-electron chi connectivity index (χ2n) is 4.88. The predicted octanol–water partition coefficient (Wildman–Crippen LogP) is 2.08. The summed E-state index contributed by atoms with van der Waals surface area (Å²) in [7, 11) is -2.48.